The molecule has 0 bridgehead atoms. The minimum absolute atomic E-state index is 0.105. The molecular formula is C32H34N4O6. The molecule has 2 amide bonds. The van der Waals surface area contributed by atoms with E-state index in [1.165, 1.54) is 12.1 Å². The van der Waals surface area contributed by atoms with Crippen LogP contribution in [0.15, 0.2) is 30.0 Å². The molecule has 2 aromatic carbocycles. The van der Waals surface area contributed by atoms with Gasteiger partial charge in [-0.15, -0.1) is 0 Å². The minimum atomic E-state index is -0.579. The second kappa shape index (κ2) is 11.3. The van der Waals surface area contributed by atoms with Gasteiger partial charge in [-0.1, -0.05) is 19.6 Å². The highest BCUT2D eigenvalue weighted by atomic mass is 16.3. The van der Waals surface area contributed by atoms with E-state index in [-0.39, 0.29) is 69.5 Å². The number of carbonyl (C=O) groups excluding carboxylic acids is 5. The van der Waals surface area contributed by atoms with E-state index in [0.29, 0.717) is 61.2 Å². The second-order valence-corrected chi connectivity index (χ2v) is 10.5. The molecule has 0 atom stereocenters. The number of ketones is 3. The summed E-state index contributed by atoms with van der Waals surface area (Å²) in [5, 5.41) is 20.2. The molecule has 3 aliphatic rings. The average molecular weight is 571 g/mol. The SMILES string of the molecule is CCC(=O)Nc1cc2c(cc1C1=C([O-])/C(=c3\cc4c(cc3NC(=O)CC)=[N+](CC)CCC4=O)C1=O)C(=O)CCN2CC. The summed E-state index contributed by atoms with van der Waals surface area (Å²) < 4.78 is 2.02. The molecule has 10 heteroatoms. The van der Waals surface area contributed by atoms with Crippen molar-refractivity contribution in [3.63, 3.8) is 0 Å². The zero-order valence-electron chi connectivity index (χ0n) is 24.3. The Kier molecular flexibility index (Phi) is 7.81. The van der Waals surface area contributed by atoms with Crippen molar-refractivity contribution in [2.24, 2.45) is 0 Å². The lowest BCUT2D eigenvalue weighted by atomic mass is 9.79. The smallest absolute Gasteiger partial charge is 0.224 e. The van der Waals surface area contributed by atoms with Crippen LogP contribution in [0.1, 0.15) is 79.7 Å². The van der Waals surface area contributed by atoms with Crippen LogP contribution in [-0.4, -0.2) is 55.3 Å². The molecule has 0 saturated heterocycles. The number of rotatable bonds is 7. The molecule has 0 saturated carbocycles. The Morgan fingerprint density at radius 3 is 2.12 bits per heavy atom. The van der Waals surface area contributed by atoms with Crippen molar-refractivity contribution in [1.29, 1.82) is 0 Å². The summed E-state index contributed by atoms with van der Waals surface area (Å²) in [6.45, 7) is 9.67. The third-order valence-corrected chi connectivity index (χ3v) is 8.17. The topological polar surface area (TPSA) is 139 Å². The monoisotopic (exact) mass is 570 g/mol. The maximum atomic E-state index is 13.8. The van der Waals surface area contributed by atoms with Crippen molar-refractivity contribution >= 4 is 57.4 Å². The molecular weight excluding hydrogens is 536 g/mol. The highest BCUT2D eigenvalue weighted by Gasteiger charge is 2.35. The van der Waals surface area contributed by atoms with E-state index < -0.39 is 11.5 Å². The van der Waals surface area contributed by atoms with Gasteiger partial charge in [0.15, 0.2) is 23.9 Å². The van der Waals surface area contributed by atoms with Gasteiger partial charge in [0.05, 0.1) is 23.4 Å². The number of Topliss-reactive ketones (excluding diaryl/α,β-unsaturated/α-hetero) is 3. The lowest BCUT2D eigenvalue weighted by molar-refractivity contribution is -0.292. The summed E-state index contributed by atoms with van der Waals surface area (Å²) in [6, 6.07) is 6.38. The molecule has 0 unspecified atom stereocenters. The quantitative estimate of drug-likeness (QED) is 0.480. The standard InChI is InChI=1S/C32H34N4O6/c1-5-27(39)33-21-15-23-19(25(37)9-11-35(23)7-3)13-17(21)29-31(41)30(32(29)42)18-14-20-24(16-22(18)34-28(40)6-2)36(8-4)12-10-26(20)38/h13-16H,5-12H2,1-4H3,(H2,33,34,37,38,39,40,41,42). The fourth-order valence-electron chi connectivity index (χ4n) is 5.77. The molecule has 2 aromatic rings. The van der Waals surface area contributed by atoms with E-state index >= 15 is 0 Å². The first-order valence-corrected chi connectivity index (χ1v) is 14.5. The molecule has 1 aliphatic carbocycles. The average Bonchev–Trinajstić information content (AvgIpc) is 2.98. The van der Waals surface area contributed by atoms with E-state index in [1.807, 2.05) is 23.3 Å². The van der Waals surface area contributed by atoms with Crippen LogP contribution in [0.2, 0.25) is 0 Å². The Labute approximate surface area is 243 Å². The largest absolute Gasteiger partial charge is 0.871 e. The fraction of sp³-hybridized carbons (Fsp3) is 0.375. The Balaban J connectivity index is 1.77. The number of nitrogens with zero attached hydrogens (tertiary/aromatic N) is 2. The van der Waals surface area contributed by atoms with Crippen LogP contribution in [0.4, 0.5) is 17.1 Å². The zero-order valence-corrected chi connectivity index (χ0v) is 24.3. The molecule has 0 aromatic heterocycles. The Hall–Kier alpha value is -4.60. The Morgan fingerprint density at radius 2 is 1.50 bits per heavy atom. The van der Waals surface area contributed by atoms with Crippen LogP contribution in [0.5, 0.6) is 0 Å². The molecule has 0 spiro atoms. The maximum absolute atomic E-state index is 13.8. The lowest BCUT2D eigenvalue weighted by Crippen LogP contribution is -2.43. The lowest BCUT2D eigenvalue weighted by Gasteiger charge is -2.35. The molecule has 0 radical (unpaired) electrons. The number of nitrogens with one attached hydrogen (secondary N) is 2. The second-order valence-electron chi connectivity index (χ2n) is 10.5. The predicted octanol–water partition coefficient (Wildman–Crippen LogP) is 1.40. The van der Waals surface area contributed by atoms with Gasteiger partial charge >= 0.3 is 0 Å². The molecule has 42 heavy (non-hydrogen) atoms. The van der Waals surface area contributed by atoms with Crippen molar-refractivity contribution < 1.29 is 29.1 Å². The van der Waals surface area contributed by atoms with Crippen LogP contribution >= 0.6 is 0 Å². The van der Waals surface area contributed by atoms with Crippen LogP contribution in [0.25, 0.3) is 11.1 Å². The Morgan fingerprint density at radius 1 is 0.833 bits per heavy atom. The number of hydrogen-bond acceptors (Lipinski definition) is 7. The highest BCUT2D eigenvalue weighted by molar-refractivity contribution is 6.52. The van der Waals surface area contributed by atoms with Gasteiger partial charge in [0.1, 0.15) is 6.54 Å². The number of allylic oxidation sites excluding steroid dienone is 2. The summed E-state index contributed by atoms with van der Waals surface area (Å²) in [5.74, 6) is -1.97. The molecule has 2 aliphatic heterocycles. The molecule has 10 nitrogen and oxygen atoms in total. The van der Waals surface area contributed by atoms with Crippen LogP contribution < -0.4 is 35.8 Å². The van der Waals surface area contributed by atoms with Gasteiger partial charge in [-0.05, 0) is 32.0 Å². The van der Waals surface area contributed by atoms with Gasteiger partial charge in [-0.2, -0.15) is 0 Å². The van der Waals surface area contributed by atoms with Gasteiger partial charge in [0.2, 0.25) is 17.2 Å². The summed E-state index contributed by atoms with van der Waals surface area (Å²) in [5.41, 5.74) is 1.89. The Bertz CT molecular complexity index is 1740. The number of benzene rings is 2. The van der Waals surface area contributed by atoms with Crippen LogP contribution in [0.3, 0.4) is 0 Å². The van der Waals surface area contributed by atoms with Crippen molar-refractivity contribution in [1.82, 2.24) is 4.58 Å². The minimum Gasteiger partial charge on any atom is -0.871 e. The summed E-state index contributed by atoms with van der Waals surface area (Å²) in [4.78, 5) is 66.5. The number of amides is 2. The maximum Gasteiger partial charge on any atom is 0.224 e. The first-order chi connectivity index (χ1) is 20.1. The van der Waals surface area contributed by atoms with Gasteiger partial charge < -0.3 is 20.6 Å². The van der Waals surface area contributed by atoms with E-state index in [4.69, 9.17) is 0 Å². The number of carbonyl (C=O) groups is 5. The highest BCUT2D eigenvalue weighted by Crippen LogP contribution is 2.42. The van der Waals surface area contributed by atoms with Crippen LogP contribution in [0, 0.1) is 0 Å². The summed E-state index contributed by atoms with van der Waals surface area (Å²) in [6.07, 6.45) is 0.960. The van der Waals surface area contributed by atoms with Crippen molar-refractivity contribution in [2.45, 2.75) is 53.4 Å². The van der Waals surface area contributed by atoms with E-state index in [9.17, 15) is 29.1 Å². The summed E-state index contributed by atoms with van der Waals surface area (Å²) >= 11 is 0. The van der Waals surface area contributed by atoms with Crippen molar-refractivity contribution in [3.8, 4) is 0 Å². The molecule has 218 valence electrons. The molecule has 0 fully saturated rings. The third kappa shape index (κ3) is 4.80. The number of anilines is 3. The number of fused-ring (bicyclic) bond motifs is 2. The van der Waals surface area contributed by atoms with E-state index in [1.54, 1.807) is 26.0 Å². The normalized spacial score (nSPS) is 17.6. The van der Waals surface area contributed by atoms with Crippen molar-refractivity contribution in [2.75, 3.05) is 41.7 Å². The zero-order chi connectivity index (χ0) is 30.3. The third-order valence-electron chi connectivity index (χ3n) is 8.17. The van der Waals surface area contributed by atoms with Crippen LogP contribution in [-0.2, 0) is 14.4 Å². The van der Waals surface area contributed by atoms with Gasteiger partial charge in [-0.3, -0.25) is 24.0 Å². The first kappa shape index (κ1) is 28.9. The fourth-order valence-corrected chi connectivity index (χ4v) is 5.77. The summed E-state index contributed by atoms with van der Waals surface area (Å²) in [7, 11) is 0. The van der Waals surface area contributed by atoms with E-state index in [0.717, 1.165) is 0 Å². The molecule has 2 N–H and O–H groups in total. The van der Waals surface area contributed by atoms with E-state index in [2.05, 4.69) is 10.6 Å². The van der Waals surface area contributed by atoms with Gasteiger partial charge in [-0.25, -0.2) is 4.58 Å². The van der Waals surface area contributed by atoms with Crippen molar-refractivity contribution in [3.05, 3.63) is 57.3 Å². The first-order valence-electron chi connectivity index (χ1n) is 14.5. The predicted molar refractivity (Wildman–Crippen MR) is 158 cm³/mol. The molecule has 5 rings (SSSR count). The van der Waals surface area contributed by atoms with Gasteiger partial charge in [0, 0.05) is 71.6 Å². The molecule has 2 heterocycles. The number of hydrogen-bond donors (Lipinski definition) is 2. The van der Waals surface area contributed by atoms with Gasteiger partial charge in [0.25, 0.3) is 0 Å².